The number of nitrogens with zero attached hydrogens (tertiary/aromatic N) is 2. The molecule has 2 nitrogen and oxygen atoms in total. The molecule has 1 aliphatic carbocycles. The molecule has 1 aliphatic rings. The Bertz CT molecular complexity index is 586. The number of halogens is 1. The number of rotatable bonds is 3. The van der Waals surface area contributed by atoms with Gasteiger partial charge in [0, 0.05) is 11.5 Å². The number of benzene rings is 1. The van der Waals surface area contributed by atoms with Crippen LogP contribution in [0.1, 0.15) is 49.9 Å². The van der Waals surface area contributed by atoms with Gasteiger partial charge in [0.1, 0.15) is 10.4 Å². The fraction of sp³-hybridized carbons (Fsp3) is 0.375. The third-order valence-electron chi connectivity index (χ3n) is 3.53. The fourth-order valence-corrected chi connectivity index (χ4v) is 2.54. The van der Waals surface area contributed by atoms with Crippen LogP contribution in [0.25, 0.3) is 11.3 Å². The molecular formula is C16H17BrN2. The van der Waals surface area contributed by atoms with Crippen molar-refractivity contribution >= 4 is 15.9 Å². The SMILES string of the molecule is CC(C)c1ccc(-c2cc(Br)nc(C3CC3)n2)cc1. The minimum Gasteiger partial charge on any atom is -0.233 e. The Labute approximate surface area is 122 Å². The van der Waals surface area contributed by atoms with E-state index in [2.05, 4.69) is 59.0 Å². The second kappa shape index (κ2) is 5.04. The van der Waals surface area contributed by atoms with E-state index < -0.39 is 0 Å². The van der Waals surface area contributed by atoms with Crippen LogP contribution in [0.3, 0.4) is 0 Å². The van der Waals surface area contributed by atoms with Crippen molar-refractivity contribution in [2.45, 2.75) is 38.5 Å². The molecule has 1 aromatic carbocycles. The van der Waals surface area contributed by atoms with E-state index in [4.69, 9.17) is 4.98 Å². The van der Waals surface area contributed by atoms with Crippen molar-refractivity contribution in [2.24, 2.45) is 0 Å². The lowest BCUT2D eigenvalue weighted by Crippen LogP contribution is -1.96. The summed E-state index contributed by atoms with van der Waals surface area (Å²) in [5, 5.41) is 0. The molecule has 1 aromatic heterocycles. The van der Waals surface area contributed by atoms with E-state index in [1.54, 1.807) is 0 Å². The van der Waals surface area contributed by atoms with E-state index in [-0.39, 0.29) is 0 Å². The summed E-state index contributed by atoms with van der Waals surface area (Å²) in [6.45, 7) is 4.42. The van der Waals surface area contributed by atoms with Crippen molar-refractivity contribution in [3.8, 4) is 11.3 Å². The summed E-state index contributed by atoms with van der Waals surface area (Å²) in [7, 11) is 0. The average Bonchev–Trinajstić information content (AvgIpc) is 3.22. The first kappa shape index (κ1) is 12.8. The van der Waals surface area contributed by atoms with Crippen LogP contribution in [0.5, 0.6) is 0 Å². The molecule has 0 N–H and O–H groups in total. The number of hydrogen-bond donors (Lipinski definition) is 0. The zero-order valence-electron chi connectivity index (χ0n) is 11.2. The first-order chi connectivity index (χ1) is 9.13. The van der Waals surface area contributed by atoms with E-state index in [1.165, 1.54) is 18.4 Å². The van der Waals surface area contributed by atoms with Crippen LogP contribution in [-0.4, -0.2) is 9.97 Å². The molecule has 2 aromatic rings. The van der Waals surface area contributed by atoms with Crippen LogP contribution in [0.2, 0.25) is 0 Å². The summed E-state index contributed by atoms with van der Waals surface area (Å²) in [5.41, 5.74) is 3.53. The van der Waals surface area contributed by atoms with E-state index in [0.717, 1.165) is 21.7 Å². The summed E-state index contributed by atoms with van der Waals surface area (Å²) in [4.78, 5) is 9.17. The van der Waals surface area contributed by atoms with Crippen molar-refractivity contribution in [2.75, 3.05) is 0 Å². The standard InChI is InChI=1S/C16H17BrN2/c1-10(2)11-3-5-12(6-4-11)14-9-15(17)19-16(18-14)13-7-8-13/h3-6,9-10,13H,7-8H2,1-2H3. The van der Waals surface area contributed by atoms with Crippen molar-refractivity contribution in [3.05, 3.63) is 46.3 Å². The minimum absolute atomic E-state index is 0.563. The summed E-state index contributed by atoms with van der Waals surface area (Å²) in [5.74, 6) is 2.12. The molecule has 0 spiro atoms. The van der Waals surface area contributed by atoms with Crippen molar-refractivity contribution in [1.29, 1.82) is 0 Å². The van der Waals surface area contributed by atoms with Gasteiger partial charge in [0.2, 0.25) is 0 Å². The highest BCUT2D eigenvalue weighted by Gasteiger charge is 2.27. The Kier molecular flexibility index (Phi) is 3.40. The second-order valence-electron chi connectivity index (χ2n) is 5.49. The lowest BCUT2D eigenvalue weighted by atomic mass is 10.0. The van der Waals surface area contributed by atoms with Crippen molar-refractivity contribution in [1.82, 2.24) is 9.97 Å². The number of aromatic nitrogens is 2. The molecule has 0 unspecified atom stereocenters. The molecule has 3 heteroatoms. The van der Waals surface area contributed by atoms with Crippen molar-refractivity contribution < 1.29 is 0 Å². The highest BCUT2D eigenvalue weighted by atomic mass is 79.9. The Morgan fingerprint density at radius 1 is 1.11 bits per heavy atom. The molecule has 3 rings (SSSR count). The maximum absolute atomic E-state index is 4.70. The highest BCUT2D eigenvalue weighted by Crippen LogP contribution is 2.39. The van der Waals surface area contributed by atoms with Crippen molar-refractivity contribution in [3.63, 3.8) is 0 Å². The average molecular weight is 317 g/mol. The minimum atomic E-state index is 0.563. The molecule has 1 saturated carbocycles. The van der Waals surface area contributed by atoms with E-state index >= 15 is 0 Å². The molecule has 0 radical (unpaired) electrons. The van der Waals surface area contributed by atoms with Gasteiger partial charge in [0.05, 0.1) is 5.69 Å². The molecule has 98 valence electrons. The molecule has 0 aliphatic heterocycles. The molecular weight excluding hydrogens is 300 g/mol. The molecule has 1 fully saturated rings. The van der Waals surface area contributed by atoms with Crippen LogP contribution < -0.4 is 0 Å². The van der Waals surface area contributed by atoms with Gasteiger partial charge in [0.15, 0.2) is 0 Å². The first-order valence-corrected chi connectivity index (χ1v) is 7.57. The smallest absolute Gasteiger partial charge is 0.133 e. The Hall–Kier alpha value is -1.22. The summed E-state index contributed by atoms with van der Waals surface area (Å²) >= 11 is 3.49. The molecule has 0 amide bonds. The lowest BCUT2D eigenvalue weighted by molar-refractivity contribution is 0.866. The van der Waals surface area contributed by atoms with Gasteiger partial charge in [-0.1, -0.05) is 38.1 Å². The van der Waals surface area contributed by atoms with Gasteiger partial charge in [-0.25, -0.2) is 9.97 Å². The summed E-state index contributed by atoms with van der Waals surface area (Å²) < 4.78 is 0.882. The van der Waals surface area contributed by atoms with Gasteiger partial charge in [-0.3, -0.25) is 0 Å². The Morgan fingerprint density at radius 2 is 1.79 bits per heavy atom. The maximum atomic E-state index is 4.70. The predicted octanol–water partition coefficient (Wildman–Crippen LogP) is 4.91. The third-order valence-corrected chi connectivity index (χ3v) is 3.93. The van der Waals surface area contributed by atoms with Crippen LogP contribution >= 0.6 is 15.9 Å². The first-order valence-electron chi connectivity index (χ1n) is 6.78. The molecule has 0 bridgehead atoms. The second-order valence-corrected chi connectivity index (χ2v) is 6.30. The van der Waals surface area contributed by atoms with E-state index in [1.807, 2.05) is 6.07 Å². The third kappa shape index (κ3) is 2.86. The lowest BCUT2D eigenvalue weighted by Gasteiger charge is -2.08. The molecule has 19 heavy (non-hydrogen) atoms. The zero-order valence-corrected chi connectivity index (χ0v) is 12.8. The van der Waals surface area contributed by atoms with Crippen LogP contribution in [0.4, 0.5) is 0 Å². The van der Waals surface area contributed by atoms with E-state index in [0.29, 0.717) is 11.8 Å². The monoisotopic (exact) mass is 316 g/mol. The van der Waals surface area contributed by atoms with Gasteiger partial charge >= 0.3 is 0 Å². The topological polar surface area (TPSA) is 25.8 Å². The van der Waals surface area contributed by atoms with Gasteiger partial charge < -0.3 is 0 Å². The highest BCUT2D eigenvalue weighted by molar-refractivity contribution is 9.10. The Balaban J connectivity index is 1.96. The molecule has 0 atom stereocenters. The predicted molar refractivity (Wildman–Crippen MR) is 81.2 cm³/mol. The Morgan fingerprint density at radius 3 is 2.37 bits per heavy atom. The van der Waals surface area contributed by atoms with E-state index in [9.17, 15) is 0 Å². The zero-order chi connectivity index (χ0) is 13.4. The summed E-state index contributed by atoms with van der Waals surface area (Å²) in [6.07, 6.45) is 2.45. The quantitative estimate of drug-likeness (QED) is 0.752. The summed E-state index contributed by atoms with van der Waals surface area (Å²) in [6, 6.07) is 10.7. The van der Waals surface area contributed by atoms with Crippen LogP contribution in [0.15, 0.2) is 34.9 Å². The van der Waals surface area contributed by atoms with Gasteiger partial charge in [-0.2, -0.15) is 0 Å². The fourth-order valence-electron chi connectivity index (χ4n) is 2.15. The molecule has 0 saturated heterocycles. The maximum Gasteiger partial charge on any atom is 0.133 e. The van der Waals surface area contributed by atoms with Crippen LogP contribution in [-0.2, 0) is 0 Å². The number of hydrogen-bond acceptors (Lipinski definition) is 2. The normalized spacial score (nSPS) is 14.9. The van der Waals surface area contributed by atoms with Gasteiger partial charge in [-0.05, 0) is 46.3 Å². The van der Waals surface area contributed by atoms with Gasteiger partial charge in [0.25, 0.3) is 0 Å². The largest absolute Gasteiger partial charge is 0.233 e. The molecule has 1 heterocycles. The van der Waals surface area contributed by atoms with Gasteiger partial charge in [-0.15, -0.1) is 0 Å². The van der Waals surface area contributed by atoms with Crippen LogP contribution in [0, 0.1) is 0 Å².